The zero-order valence-electron chi connectivity index (χ0n) is 12.5. The molecule has 0 saturated carbocycles. The van der Waals surface area contributed by atoms with Crippen LogP contribution in [0.15, 0.2) is 12.1 Å². The first-order valence-electron chi connectivity index (χ1n) is 6.80. The van der Waals surface area contributed by atoms with Crippen LogP contribution in [0.5, 0.6) is 0 Å². The summed E-state index contributed by atoms with van der Waals surface area (Å²) in [5, 5.41) is 7.27. The highest BCUT2D eigenvalue weighted by atomic mass is 19.2. The van der Waals surface area contributed by atoms with E-state index in [9.17, 15) is 13.2 Å². The van der Waals surface area contributed by atoms with Gasteiger partial charge in [0.15, 0.2) is 11.6 Å². The number of benzene rings is 1. The largest absolute Gasteiger partial charge is 0.376 e. The quantitative estimate of drug-likeness (QED) is 0.861. The molecule has 1 heterocycles. The van der Waals surface area contributed by atoms with Crippen molar-refractivity contribution >= 4 is 5.69 Å². The van der Waals surface area contributed by atoms with Gasteiger partial charge in [-0.15, -0.1) is 0 Å². The lowest BCUT2D eigenvalue weighted by Gasteiger charge is -2.17. The van der Waals surface area contributed by atoms with Gasteiger partial charge in [-0.2, -0.15) is 5.10 Å². The van der Waals surface area contributed by atoms with Crippen molar-refractivity contribution in [3.8, 4) is 0 Å². The van der Waals surface area contributed by atoms with Crippen molar-refractivity contribution in [2.24, 2.45) is 0 Å². The normalized spacial score (nSPS) is 12.5. The average molecular weight is 297 g/mol. The van der Waals surface area contributed by atoms with Crippen LogP contribution in [0.3, 0.4) is 0 Å². The monoisotopic (exact) mass is 297 g/mol. The van der Waals surface area contributed by atoms with E-state index >= 15 is 0 Å². The molecule has 2 aromatic rings. The average Bonchev–Trinajstić information content (AvgIpc) is 2.70. The molecule has 0 saturated heterocycles. The van der Waals surface area contributed by atoms with Gasteiger partial charge < -0.3 is 5.32 Å². The van der Waals surface area contributed by atoms with Crippen molar-refractivity contribution in [1.29, 1.82) is 0 Å². The first-order valence-corrected chi connectivity index (χ1v) is 6.80. The summed E-state index contributed by atoms with van der Waals surface area (Å²) in [5.41, 5.74) is 2.67. The van der Waals surface area contributed by atoms with E-state index in [1.54, 1.807) is 0 Å². The van der Waals surface area contributed by atoms with Gasteiger partial charge in [0.25, 0.3) is 0 Å². The summed E-state index contributed by atoms with van der Waals surface area (Å²) in [6.45, 7) is 8.35. The van der Waals surface area contributed by atoms with Gasteiger partial charge in [0, 0.05) is 29.9 Å². The van der Waals surface area contributed by atoms with Gasteiger partial charge in [0.05, 0.1) is 17.4 Å². The second-order valence-electron chi connectivity index (χ2n) is 5.01. The molecular formula is C15H18F3N3. The molecule has 1 aromatic carbocycles. The fraction of sp³-hybridized carbons (Fsp3) is 0.400. The van der Waals surface area contributed by atoms with Gasteiger partial charge in [-0.25, -0.2) is 13.2 Å². The maximum Gasteiger partial charge on any atom is 0.161 e. The van der Waals surface area contributed by atoms with Crippen LogP contribution in [0, 0.1) is 31.3 Å². The van der Waals surface area contributed by atoms with Crippen molar-refractivity contribution in [2.45, 2.75) is 40.3 Å². The first kappa shape index (κ1) is 15.4. The molecule has 0 radical (unpaired) electrons. The third-order valence-electron chi connectivity index (χ3n) is 3.55. The highest BCUT2D eigenvalue weighted by molar-refractivity contribution is 5.48. The predicted octanol–water partition coefficient (Wildman–Crippen LogP) is 4.11. The second-order valence-corrected chi connectivity index (χ2v) is 5.01. The Hall–Kier alpha value is -1.98. The Morgan fingerprint density at radius 3 is 2.33 bits per heavy atom. The van der Waals surface area contributed by atoms with Crippen LogP contribution in [0.4, 0.5) is 18.9 Å². The molecule has 1 atom stereocenters. The lowest BCUT2D eigenvalue weighted by Crippen LogP contribution is -2.11. The Morgan fingerprint density at radius 1 is 1.14 bits per heavy atom. The fourth-order valence-corrected chi connectivity index (χ4v) is 2.58. The standard InChI is InChI=1S/C15H18F3N3/c1-5-21-10(4)15(9(3)20-21)8(2)19-14-7-12(17)11(16)6-13(14)18/h6-8,19H,5H2,1-4H3. The molecule has 0 aliphatic carbocycles. The van der Waals surface area contributed by atoms with E-state index in [0.29, 0.717) is 6.07 Å². The van der Waals surface area contributed by atoms with Crippen molar-refractivity contribution in [3.05, 3.63) is 46.5 Å². The number of nitrogens with one attached hydrogen (secondary N) is 1. The zero-order chi connectivity index (χ0) is 15.7. The highest BCUT2D eigenvalue weighted by Crippen LogP contribution is 2.27. The lowest BCUT2D eigenvalue weighted by atomic mass is 10.1. The van der Waals surface area contributed by atoms with Crippen LogP contribution in [-0.4, -0.2) is 9.78 Å². The van der Waals surface area contributed by atoms with Gasteiger partial charge in [-0.05, 0) is 27.7 Å². The van der Waals surface area contributed by atoms with Crippen LogP contribution < -0.4 is 5.32 Å². The molecule has 6 heteroatoms. The van der Waals surface area contributed by atoms with Crippen molar-refractivity contribution in [1.82, 2.24) is 9.78 Å². The SMILES string of the molecule is CCn1nc(C)c(C(C)Nc2cc(F)c(F)cc2F)c1C. The Balaban J connectivity index is 2.32. The molecule has 0 bridgehead atoms. The maximum atomic E-state index is 13.7. The predicted molar refractivity (Wildman–Crippen MR) is 75.7 cm³/mol. The van der Waals surface area contributed by atoms with Crippen LogP contribution in [-0.2, 0) is 6.54 Å². The van der Waals surface area contributed by atoms with E-state index in [1.165, 1.54) is 0 Å². The van der Waals surface area contributed by atoms with Gasteiger partial charge in [0.1, 0.15) is 5.82 Å². The molecule has 0 aliphatic rings. The molecule has 3 nitrogen and oxygen atoms in total. The minimum absolute atomic E-state index is 0.0653. The molecule has 0 amide bonds. The Kier molecular flexibility index (Phi) is 4.25. The number of rotatable bonds is 4. The van der Waals surface area contributed by atoms with E-state index in [0.717, 1.165) is 29.6 Å². The number of anilines is 1. The molecule has 21 heavy (non-hydrogen) atoms. The Morgan fingerprint density at radius 2 is 1.76 bits per heavy atom. The van der Waals surface area contributed by atoms with Crippen LogP contribution in [0.2, 0.25) is 0 Å². The third-order valence-corrected chi connectivity index (χ3v) is 3.55. The molecule has 0 aliphatic heterocycles. The summed E-state index contributed by atoms with van der Waals surface area (Å²) in [4.78, 5) is 0. The van der Waals surface area contributed by atoms with E-state index in [4.69, 9.17) is 0 Å². The van der Waals surface area contributed by atoms with E-state index in [-0.39, 0.29) is 11.7 Å². The number of nitrogens with zero attached hydrogens (tertiary/aromatic N) is 2. The van der Waals surface area contributed by atoms with Crippen LogP contribution >= 0.6 is 0 Å². The minimum atomic E-state index is -1.20. The van der Waals surface area contributed by atoms with Gasteiger partial charge in [-0.3, -0.25) is 4.68 Å². The number of aromatic nitrogens is 2. The summed E-state index contributed by atoms with van der Waals surface area (Å²) in [5.74, 6) is -3.10. The van der Waals surface area contributed by atoms with Gasteiger partial charge >= 0.3 is 0 Å². The van der Waals surface area contributed by atoms with Crippen molar-refractivity contribution in [3.63, 3.8) is 0 Å². The molecule has 0 spiro atoms. The van der Waals surface area contributed by atoms with Crippen molar-refractivity contribution < 1.29 is 13.2 Å². The highest BCUT2D eigenvalue weighted by Gasteiger charge is 2.19. The van der Waals surface area contributed by atoms with E-state index in [2.05, 4.69) is 10.4 Å². The van der Waals surface area contributed by atoms with E-state index < -0.39 is 17.5 Å². The van der Waals surface area contributed by atoms with Crippen molar-refractivity contribution in [2.75, 3.05) is 5.32 Å². The van der Waals surface area contributed by atoms with Crippen LogP contribution in [0.1, 0.15) is 36.8 Å². The summed E-state index contributed by atoms with van der Waals surface area (Å²) < 4.78 is 41.7. The lowest BCUT2D eigenvalue weighted by molar-refractivity contribution is 0.495. The van der Waals surface area contributed by atoms with Gasteiger partial charge in [-0.1, -0.05) is 0 Å². The number of hydrogen-bond donors (Lipinski definition) is 1. The van der Waals surface area contributed by atoms with E-state index in [1.807, 2.05) is 32.4 Å². The molecule has 2 rings (SSSR count). The molecular weight excluding hydrogens is 279 g/mol. The molecule has 1 aromatic heterocycles. The summed E-state index contributed by atoms with van der Waals surface area (Å²) in [6, 6.07) is 1.10. The summed E-state index contributed by atoms with van der Waals surface area (Å²) >= 11 is 0. The Bertz CT molecular complexity index is 665. The third kappa shape index (κ3) is 2.89. The smallest absolute Gasteiger partial charge is 0.161 e. The number of aryl methyl sites for hydroxylation is 2. The maximum absolute atomic E-state index is 13.7. The molecule has 114 valence electrons. The topological polar surface area (TPSA) is 29.9 Å². The zero-order valence-corrected chi connectivity index (χ0v) is 12.5. The summed E-state index contributed by atoms with van der Waals surface area (Å²) in [6.07, 6.45) is 0. The van der Waals surface area contributed by atoms with Crippen LogP contribution in [0.25, 0.3) is 0 Å². The molecule has 1 N–H and O–H groups in total. The Labute approximate surface area is 121 Å². The summed E-state index contributed by atoms with van der Waals surface area (Å²) in [7, 11) is 0. The molecule has 1 unspecified atom stereocenters. The fourth-order valence-electron chi connectivity index (χ4n) is 2.58. The van der Waals surface area contributed by atoms with Gasteiger partial charge in [0.2, 0.25) is 0 Å². The molecule has 0 fully saturated rings. The first-order chi connectivity index (χ1) is 9.85. The number of hydrogen-bond acceptors (Lipinski definition) is 2. The second kappa shape index (κ2) is 5.79. The minimum Gasteiger partial charge on any atom is -0.376 e. The number of halogens is 3.